The second-order valence-corrected chi connectivity index (χ2v) is 5.01. The van der Waals surface area contributed by atoms with Crippen molar-refractivity contribution < 1.29 is 0 Å². The van der Waals surface area contributed by atoms with Crippen molar-refractivity contribution in [3.8, 4) is 0 Å². The molecule has 0 fully saturated rings. The Bertz CT molecular complexity index is 636. The standard InChI is InChI=1S/C11H10BrClN4O/c1-6-3-8(13)16-9(15-6)4-17-5-14-7(2)10(12)11(17)18/h3,5H,4H2,1-2H3. The summed E-state index contributed by atoms with van der Waals surface area (Å²) in [4.78, 5) is 24.4. The zero-order chi connectivity index (χ0) is 13.3. The van der Waals surface area contributed by atoms with E-state index in [1.54, 1.807) is 13.0 Å². The number of nitrogens with zero attached hydrogens (tertiary/aromatic N) is 4. The number of aryl methyl sites for hydroxylation is 2. The summed E-state index contributed by atoms with van der Waals surface area (Å²) in [6.45, 7) is 3.82. The second-order valence-electron chi connectivity index (χ2n) is 3.83. The molecule has 0 saturated carbocycles. The molecule has 0 bridgehead atoms. The molecule has 0 amide bonds. The van der Waals surface area contributed by atoms with Crippen molar-refractivity contribution in [2.45, 2.75) is 20.4 Å². The van der Waals surface area contributed by atoms with Gasteiger partial charge >= 0.3 is 0 Å². The minimum Gasteiger partial charge on any atom is -0.291 e. The van der Waals surface area contributed by atoms with E-state index >= 15 is 0 Å². The average molecular weight is 330 g/mol. The highest BCUT2D eigenvalue weighted by Gasteiger charge is 2.08. The van der Waals surface area contributed by atoms with Crippen LogP contribution in [0.25, 0.3) is 0 Å². The highest BCUT2D eigenvalue weighted by Crippen LogP contribution is 2.09. The quantitative estimate of drug-likeness (QED) is 0.792. The molecule has 2 aromatic rings. The Kier molecular flexibility index (Phi) is 3.77. The molecule has 0 atom stereocenters. The zero-order valence-corrected chi connectivity index (χ0v) is 12.2. The van der Waals surface area contributed by atoms with Crippen LogP contribution in [0.5, 0.6) is 0 Å². The maximum absolute atomic E-state index is 12.0. The molecule has 0 aliphatic rings. The molecule has 2 aromatic heterocycles. The van der Waals surface area contributed by atoms with Gasteiger partial charge in [0.2, 0.25) is 0 Å². The number of halogens is 2. The molecule has 0 saturated heterocycles. The molecular formula is C11H10BrClN4O. The van der Waals surface area contributed by atoms with Crippen LogP contribution in [0.1, 0.15) is 17.2 Å². The fourth-order valence-corrected chi connectivity index (χ4v) is 2.06. The van der Waals surface area contributed by atoms with Gasteiger partial charge in [0.05, 0.1) is 18.6 Å². The van der Waals surface area contributed by atoms with E-state index in [-0.39, 0.29) is 12.1 Å². The van der Waals surface area contributed by atoms with Crippen LogP contribution in [0, 0.1) is 13.8 Å². The van der Waals surface area contributed by atoms with E-state index in [1.807, 2.05) is 6.92 Å². The summed E-state index contributed by atoms with van der Waals surface area (Å²) < 4.78 is 1.88. The lowest BCUT2D eigenvalue weighted by atomic mass is 10.4. The lowest BCUT2D eigenvalue weighted by Crippen LogP contribution is -2.23. The van der Waals surface area contributed by atoms with Crippen LogP contribution in [-0.2, 0) is 6.54 Å². The van der Waals surface area contributed by atoms with Crippen molar-refractivity contribution in [1.29, 1.82) is 0 Å². The first-order chi connectivity index (χ1) is 8.47. The van der Waals surface area contributed by atoms with Crippen LogP contribution in [-0.4, -0.2) is 19.5 Å². The van der Waals surface area contributed by atoms with Crippen LogP contribution in [0.3, 0.4) is 0 Å². The Labute approximate surface area is 117 Å². The molecule has 0 aliphatic heterocycles. The van der Waals surface area contributed by atoms with Gasteiger partial charge in [-0.2, -0.15) is 0 Å². The van der Waals surface area contributed by atoms with Gasteiger partial charge in [-0.25, -0.2) is 15.0 Å². The lowest BCUT2D eigenvalue weighted by Gasteiger charge is -2.06. The van der Waals surface area contributed by atoms with E-state index < -0.39 is 0 Å². The van der Waals surface area contributed by atoms with Gasteiger partial charge in [0.25, 0.3) is 5.56 Å². The fourth-order valence-electron chi connectivity index (χ4n) is 1.47. The van der Waals surface area contributed by atoms with E-state index in [9.17, 15) is 4.79 Å². The van der Waals surface area contributed by atoms with E-state index in [2.05, 4.69) is 30.9 Å². The Morgan fingerprint density at radius 1 is 1.39 bits per heavy atom. The van der Waals surface area contributed by atoms with Crippen LogP contribution in [0.2, 0.25) is 5.15 Å². The third-order valence-corrected chi connectivity index (χ3v) is 3.44. The Morgan fingerprint density at radius 3 is 2.78 bits per heavy atom. The molecule has 0 radical (unpaired) electrons. The average Bonchev–Trinajstić information content (AvgIpc) is 2.29. The highest BCUT2D eigenvalue weighted by atomic mass is 79.9. The smallest absolute Gasteiger partial charge is 0.268 e. The van der Waals surface area contributed by atoms with E-state index in [0.29, 0.717) is 21.1 Å². The van der Waals surface area contributed by atoms with Gasteiger partial charge in [0, 0.05) is 5.69 Å². The van der Waals surface area contributed by atoms with E-state index in [4.69, 9.17) is 11.6 Å². The van der Waals surface area contributed by atoms with Gasteiger partial charge in [-0.15, -0.1) is 0 Å². The molecule has 94 valence electrons. The Morgan fingerprint density at radius 2 is 2.11 bits per heavy atom. The SMILES string of the molecule is Cc1cc(Cl)nc(Cn2cnc(C)c(Br)c2=O)n1. The summed E-state index contributed by atoms with van der Waals surface area (Å²) in [5.74, 6) is 0.486. The zero-order valence-electron chi connectivity index (χ0n) is 9.81. The fraction of sp³-hybridized carbons (Fsp3) is 0.273. The Balaban J connectivity index is 2.40. The van der Waals surface area contributed by atoms with Crippen molar-refractivity contribution in [1.82, 2.24) is 19.5 Å². The van der Waals surface area contributed by atoms with Gasteiger partial charge in [-0.1, -0.05) is 11.6 Å². The monoisotopic (exact) mass is 328 g/mol. The number of hydrogen-bond acceptors (Lipinski definition) is 4. The normalized spacial score (nSPS) is 10.7. The minimum atomic E-state index is -0.163. The molecule has 0 spiro atoms. The van der Waals surface area contributed by atoms with Crippen molar-refractivity contribution in [3.63, 3.8) is 0 Å². The molecule has 0 aliphatic carbocycles. The molecule has 5 nitrogen and oxygen atoms in total. The van der Waals surface area contributed by atoms with Crippen LogP contribution in [0.4, 0.5) is 0 Å². The first kappa shape index (κ1) is 13.2. The predicted molar refractivity (Wildman–Crippen MR) is 71.8 cm³/mol. The second kappa shape index (κ2) is 5.16. The molecule has 0 unspecified atom stereocenters. The van der Waals surface area contributed by atoms with Gasteiger partial charge < -0.3 is 0 Å². The minimum absolute atomic E-state index is 0.163. The van der Waals surface area contributed by atoms with Crippen molar-refractivity contribution >= 4 is 27.5 Å². The molecule has 0 N–H and O–H groups in total. The lowest BCUT2D eigenvalue weighted by molar-refractivity contribution is 0.685. The first-order valence-corrected chi connectivity index (χ1v) is 6.36. The van der Waals surface area contributed by atoms with Crippen LogP contribution >= 0.6 is 27.5 Å². The van der Waals surface area contributed by atoms with Crippen molar-refractivity contribution in [3.05, 3.63) is 49.6 Å². The summed E-state index contributed by atoms with van der Waals surface area (Å²) in [5, 5.41) is 0.365. The molecule has 0 aromatic carbocycles. The number of rotatable bonds is 2. The molecule has 7 heteroatoms. The Hall–Kier alpha value is -1.27. The van der Waals surface area contributed by atoms with E-state index in [0.717, 1.165) is 5.69 Å². The third kappa shape index (κ3) is 2.76. The highest BCUT2D eigenvalue weighted by molar-refractivity contribution is 9.10. The van der Waals surface area contributed by atoms with Crippen molar-refractivity contribution in [2.75, 3.05) is 0 Å². The summed E-state index contributed by atoms with van der Waals surface area (Å²) in [6.07, 6.45) is 1.47. The number of hydrogen-bond donors (Lipinski definition) is 0. The van der Waals surface area contributed by atoms with Crippen LogP contribution in [0.15, 0.2) is 21.7 Å². The third-order valence-electron chi connectivity index (χ3n) is 2.34. The predicted octanol–water partition coefficient (Wildman–Crippen LogP) is 2.11. The molecule has 2 heterocycles. The summed E-state index contributed by atoms with van der Waals surface area (Å²) in [6, 6.07) is 1.66. The molecular weight excluding hydrogens is 320 g/mol. The van der Waals surface area contributed by atoms with Gasteiger partial charge in [-0.05, 0) is 35.8 Å². The summed E-state index contributed by atoms with van der Waals surface area (Å²) in [7, 11) is 0. The maximum atomic E-state index is 12.0. The number of aromatic nitrogens is 4. The summed E-state index contributed by atoms with van der Waals surface area (Å²) >= 11 is 9.06. The largest absolute Gasteiger partial charge is 0.291 e. The molecule has 2 rings (SSSR count). The maximum Gasteiger partial charge on any atom is 0.268 e. The van der Waals surface area contributed by atoms with Gasteiger partial charge in [-0.3, -0.25) is 9.36 Å². The van der Waals surface area contributed by atoms with E-state index in [1.165, 1.54) is 10.9 Å². The first-order valence-electron chi connectivity index (χ1n) is 5.19. The van der Waals surface area contributed by atoms with Gasteiger partial charge in [0.1, 0.15) is 15.5 Å². The van der Waals surface area contributed by atoms with Gasteiger partial charge in [0.15, 0.2) is 0 Å². The topological polar surface area (TPSA) is 60.7 Å². The molecule has 18 heavy (non-hydrogen) atoms. The summed E-state index contributed by atoms with van der Waals surface area (Å²) in [5.41, 5.74) is 1.25. The van der Waals surface area contributed by atoms with Crippen LogP contribution < -0.4 is 5.56 Å². The van der Waals surface area contributed by atoms with Crippen molar-refractivity contribution in [2.24, 2.45) is 0 Å².